The van der Waals surface area contributed by atoms with E-state index < -0.39 is 5.97 Å². The lowest BCUT2D eigenvalue weighted by Gasteiger charge is -2.12. The van der Waals surface area contributed by atoms with Crippen LogP contribution in [0.1, 0.15) is 27.0 Å². The Balaban J connectivity index is 2.15. The Morgan fingerprint density at radius 2 is 2.04 bits per heavy atom. The van der Waals surface area contributed by atoms with Crippen molar-refractivity contribution in [1.29, 1.82) is 0 Å². The minimum Gasteiger partial charge on any atom is -0.496 e. The predicted molar refractivity (Wildman–Crippen MR) is 91.2 cm³/mol. The molecule has 24 heavy (non-hydrogen) atoms. The molecule has 6 nitrogen and oxygen atoms in total. The van der Waals surface area contributed by atoms with Crippen LogP contribution < -0.4 is 10.1 Å². The summed E-state index contributed by atoms with van der Waals surface area (Å²) >= 11 is 7.32. The molecule has 0 aliphatic carbocycles. The average molecular weight is 368 g/mol. The van der Waals surface area contributed by atoms with E-state index in [1.807, 2.05) is 0 Å². The summed E-state index contributed by atoms with van der Waals surface area (Å²) in [6.45, 7) is 0.953. The summed E-state index contributed by atoms with van der Waals surface area (Å²) in [5.74, 6) is -1.17. The van der Waals surface area contributed by atoms with Crippen molar-refractivity contribution in [2.45, 2.75) is 6.92 Å². The Hall–Kier alpha value is -2.38. The second kappa shape index (κ2) is 7.94. The van der Waals surface area contributed by atoms with Gasteiger partial charge in [-0.1, -0.05) is 17.7 Å². The van der Waals surface area contributed by atoms with Crippen LogP contribution in [0.15, 0.2) is 29.6 Å². The Morgan fingerprint density at radius 3 is 2.62 bits per heavy atom. The summed E-state index contributed by atoms with van der Waals surface area (Å²) in [6, 6.07) is 6.13. The van der Waals surface area contributed by atoms with Gasteiger partial charge in [-0.2, -0.15) is 0 Å². The predicted octanol–water partition coefficient (Wildman–Crippen LogP) is 3.41. The molecule has 0 bridgehead atoms. The van der Waals surface area contributed by atoms with E-state index in [0.717, 1.165) is 0 Å². The van der Waals surface area contributed by atoms with Crippen molar-refractivity contribution in [3.8, 4) is 5.75 Å². The molecule has 0 atom stereocenters. The maximum atomic E-state index is 12.2. The standard InChI is InChI=1S/C16H14ClNO5S/c1-9(19)18-12-7-14(22-2)10(6-11(12)17)16(21)23-8-13(20)15-4-3-5-24-15/h3-7H,8H2,1-2H3,(H,18,19). The minimum atomic E-state index is -0.743. The monoisotopic (exact) mass is 367 g/mol. The molecule has 2 aromatic rings. The maximum Gasteiger partial charge on any atom is 0.342 e. The number of ketones is 1. The molecule has 1 aromatic heterocycles. The van der Waals surface area contributed by atoms with Gasteiger partial charge in [0.05, 0.1) is 22.7 Å². The van der Waals surface area contributed by atoms with E-state index >= 15 is 0 Å². The van der Waals surface area contributed by atoms with Crippen molar-refractivity contribution in [1.82, 2.24) is 0 Å². The highest BCUT2D eigenvalue weighted by atomic mass is 35.5. The van der Waals surface area contributed by atoms with Gasteiger partial charge in [0.1, 0.15) is 11.3 Å². The molecule has 126 valence electrons. The zero-order valence-corrected chi connectivity index (χ0v) is 14.5. The van der Waals surface area contributed by atoms with Crippen LogP contribution in [0.2, 0.25) is 5.02 Å². The summed E-state index contributed by atoms with van der Waals surface area (Å²) in [7, 11) is 1.37. The number of carbonyl (C=O) groups is 3. The van der Waals surface area contributed by atoms with Gasteiger partial charge in [-0.3, -0.25) is 9.59 Å². The summed E-state index contributed by atoms with van der Waals surface area (Å²) in [6.07, 6.45) is 0. The molecule has 1 aromatic carbocycles. The third-order valence-electron chi connectivity index (χ3n) is 2.95. The van der Waals surface area contributed by atoms with Gasteiger partial charge in [-0.05, 0) is 17.5 Å². The number of ether oxygens (including phenoxy) is 2. The molecule has 1 N–H and O–H groups in total. The van der Waals surface area contributed by atoms with Crippen LogP contribution in [-0.4, -0.2) is 31.4 Å². The van der Waals surface area contributed by atoms with Crippen molar-refractivity contribution in [3.63, 3.8) is 0 Å². The molecule has 0 saturated heterocycles. The number of methoxy groups -OCH3 is 1. The highest BCUT2D eigenvalue weighted by Crippen LogP contribution is 2.31. The number of rotatable bonds is 6. The number of hydrogen-bond donors (Lipinski definition) is 1. The van der Waals surface area contributed by atoms with E-state index in [2.05, 4.69) is 5.32 Å². The van der Waals surface area contributed by atoms with Crippen LogP contribution in [-0.2, 0) is 9.53 Å². The van der Waals surface area contributed by atoms with Gasteiger partial charge >= 0.3 is 5.97 Å². The lowest BCUT2D eigenvalue weighted by Crippen LogP contribution is -2.15. The molecule has 0 aliphatic heterocycles. The second-order valence-electron chi connectivity index (χ2n) is 4.69. The lowest BCUT2D eigenvalue weighted by atomic mass is 10.1. The summed E-state index contributed by atoms with van der Waals surface area (Å²) in [5.41, 5.74) is 0.378. The van der Waals surface area contributed by atoms with Gasteiger partial charge in [-0.25, -0.2) is 4.79 Å². The van der Waals surface area contributed by atoms with Crippen molar-refractivity contribution < 1.29 is 23.9 Å². The van der Waals surface area contributed by atoms with Crippen LogP contribution in [0.3, 0.4) is 0 Å². The molecule has 2 rings (SSSR count). The van der Waals surface area contributed by atoms with E-state index in [1.165, 1.54) is 37.5 Å². The number of hydrogen-bond acceptors (Lipinski definition) is 6. The molecule has 1 amide bonds. The quantitative estimate of drug-likeness (QED) is 0.625. The molecule has 0 spiro atoms. The Kier molecular flexibility index (Phi) is 5.94. The van der Waals surface area contributed by atoms with Gasteiger partial charge in [-0.15, -0.1) is 11.3 Å². The third kappa shape index (κ3) is 4.33. The van der Waals surface area contributed by atoms with Gasteiger partial charge in [0, 0.05) is 13.0 Å². The molecule has 0 radical (unpaired) electrons. The first kappa shape index (κ1) is 18.0. The molecule has 0 aliphatic rings. The fraction of sp³-hybridized carbons (Fsp3) is 0.188. The van der Waals surface area contributed by atoms with Crippen molar-refractivity contribution >= 4 is 46.3 Å². The number of halogens is 1. The van der Waals surface area contributed by atoms with E-state index in [1.54, 1.807) is 17.5 Å². The van der Waals surface area contributed by atoms with Crippen molar-refractivity contribution in [2.24, 2.45) is 0 Å². The van der Waals surface area contributed by atoms with E-state index in [9.17, 15) is 14.4 Å². The molecule has 1 heterocycles. The number of carbonyl (C=O) groups excluding carboxylic acids is 3. The van der Waals surface area contributed by atoms with E-state index in [-0.39, 0.29) is 34.6 Å². The van der Waals surface area contributed by atoms with Crippen LogP contribution in [0.4, 0.5) is 5.69 Å². The van der Waals surface area contributed by atoms with Gasteiger partial charge in [0.15, 0.2) is 6.61 Å². The van der Waals surface area contributed by atoms with Gasteiger partial charge < -0.3 is 14.8 Å². The zero-order valence-electron chi connectivity index (χ0n) is 12.9. The van der Waals surface area contributed by atoms with Gasteiger partial charge in [0.2, 0.25) is 11.7 Å². The summed E-state index contributed by atoms with van der Waals surface area (Å²) < 4.78 is 10.2. The summed E-state index contributed by atoms with van der Waals surface area (Å²) in [4.78, 5) is 35.7. The fourth-order valence-electron chi connectivity index (χ4n) is 1.88. The van der Waals surface area contributed by atoms with Crippen LogP contribution >= 0.6 is 22.9 Å². The normalized spacial score (nSPS) is 10.1. The van der Waals surface area contributed by atoms with Crippen LogP contribution in [0.5, 0.6) is 5.75 Å². The maximum absolute atomic E-state index is 12.2. The Morgan fingerprint density at radius 1 is 1.29 bits per heavy atom. The first-order valence-electron chi connectivity index (χ1n) is 6.81. The number of anilines is 1. The first-order chi connectivity index (χ1) is 11.4. The summed E-state index contributed by atoms with van der Waals surface area (Å²) in [5, 5.41) is 4.44. The number of nitrogens with one attached hydrogen (secondary N) is 1. The van der Waals surface area contributed by atoms with Crippen LogP contribution in [0.25, 0.3) is 0 Å². The second-order valence-corrected chi connectivity index (χ2v) is 6.05. The van der Waals surface area contributed by atoms with Crippen molar-refractivity contribution in [2.75, 3.05) is 19.0 Å². The number of amides is 1. The number of esters is 1. The first-order valence-corrected chi connectivity index (χ1v) is 8.07. The molecule has 0 unspecified atom stereocenters. The largest absolute Gasteiger partial charge is 0.496 e. The fourth-order valence-corrected chi connectivity index (χ4v) is 2.75. The molecule has 8 heteroatoms. The lowest BCUT2D eigenvalue weighted by molar-refractivity contribution is -0.114. The molecule has 0 saturated carbocycles. The van der Waals surface area contributed by atoms with E-state index in [0.29, 0.717) is 10.6 Å². The topological polar surface area (TPSA) is 81.7 Å². The molecular weight excluding hydrogens is 354 g/mol. The zero-order chi connectivity index (χ0) is 17.7. The SMILES string of the molecule is COc1cc(NC(C)=O)c(Cl)cc1C(=O)OCC(=O)c1cccs1. The molecular formula is C16H14ClNO5S. The minimum absolute atomic E-state index is 0.0654. The van der Waals surface area contributed by atoms with Gasteiger partial charge in [0.25, 0.3) is 0 Å². The number of benzene rings is 1. The number of thiophene rings is 1. The average Bonchev–Trinajstić information content (AvgIpc) is 3.08. The molecule has 0 fully saturated rings. The van der Waals surface area contributed by atoms with E-state index in [4.69, 9.17) is 21.1 Å². The Bertz CT molecular complexity index is 773. The smallest absolute Gasteiger partial charge is 0.342 e. The van der Waals surface area contributed by atoms with Crippen LogP contribution in [0, 0.1) is 0 Å². The highest BCUT2D eigenvalue weighted by Gasteiger charge is 2.19. The Labute approximate surface area is 147 Å². The highest BCUT2D eigenvalue weighted by molar-refractivity contribution is 7.12. The van der Waals surface area contributed by atoms with Crippen molar-refractivity contribution in [3.05, 3.63) is 45.1 Å². The number of Topliss-reactive ketones (excluding diaryl/α,β-unsaturated/α-hetero) is 1. The third-order valence-corrected chi connectivity index (χ3v) is 4.17.